The van der Waals surface area contributed by atoms with Crippen molar-refractivity contribution in [3.8, 4) is 0 Å². The first-order valence-corrected chi connectivity index (χ1v) is 5.31. The van der Waals surface area contributed by atoms with Crippen LogP contribution in [0.5, 0.6) is 0 Å². The topological polar surface area (TPSA) is 12.5 Å². The standard InChI is InChI=1S/C14H11FO/c15-12-9-5-4-8-11(12)14-13(16-14)10-6-2-1-3-7-10/h1-9,13-14H/t13-,14-/m0/s1. The molecule has 0 spiro atoms. The van der Waals surface area contributed by atoms with E-state index in [0.717, 1.165) is 5.56 Å². The van der Waals surface area contributed by atoms with Crippen LogP contribution in [0.25, 0.3) is 0 Å². The van der Waals surface area contributed by atoms with Gasteiger partial charge < -0.3 is 4.74 Å². The predicted molar refractivity (Wildman–Crippen MR) is 59.4 cm³/mol. The Hall–Kier alpha value is -1.67. The van der Waals surface area contributed by atoms with Crippen molar-refractivity contribution in [2.75, 3.05) is 0 Å². The Labute approximate surface area is 93.5 Å². The molecular weight excluding hydrogens is 203 g/mol. The molecule has 0 N–H and O–H groups in total. The highest BCUT2D eigenvalue weighted by Crippen LogP contribution is 2.51. The zero-order valence-corrected chi connectivity index (χ0v) is 8.64. The van der Waals surface area contributed by atoms with E-state index >= 15 is 0 Å². The number of hydrogen-bond acceptors (Lipinski definition) is 1. The quantitative estimate of drug-likeness (QED) is 0.695. The smallest absolute Gasteiger partial charge is 0.129 e. The Morgan fingerprint density at radius 3 is 2.25 bits per heavy atom. The summed E-state index contributed by atoms with van der Waals surface area (Å²) in [5.41, 5.74) is 1.76. The fraction of sp³-hybridized carbons (Fsp3) is 0.143. The molecule has 0 aromatic heterocycles. The lowest BCUT2D eigenvalue weighted by Crippen LogP contribution is -1.88. The normalized spacial score (nSPS) is 23.1. The highest BCUT2D eigenvalue weighted by Gasteiger charge is 2.42. The van der Waals surface area contributed by atoms with E-state index in [2.05, 4.69) is 0 Å². The highest BCUT2D eigenvalue weighted by atomic mass is 19.1. The van der Waals surface area contributed by atoms with Gasteiger partial charge in [-0.1, -0.05) is 48.5 Å². The summed E-state index contributed by atoms with van der Waals surface area (Å²) in [7, 11) is 0. The molecule has 1 saturated heterocycles. The number of halogens is 1. The van der Waals surface area contributed by atoms with Gasteiger partial charge in [0, 0.05) is 5.56 Å². The summed E-state index contributed by atoms with van der Waals surface area (Å²) in [5.74, 6) is -0.189. The monoisotopic (exact) mass is 214 g/mol. The number of hydrogen-bond donors (Lipinski definition) is 0. The van der Waals surface area contributed by atoms with Crippen LogP contribution in [-0.2, 0) is 4.74 Å². The molecule has 0 bridgehead atoms. The van der Waals surface area contributed by atoms with Gasteiger partial charge in [-0.2, -0.15) is 0 Å². The summed E-state index contributed by atoms with van der Waals surface area (Å²) >= 11 is 0. The van der Waals surface area contributed by atoms with E-state index in [1.165, 1.54) is 6.07 Å². The summed E-state index contributed by atoms with van der Waals surface area (Å²) < 4.78 is 19.0. The van der Waals surface area contributed by atoms with Gasteiger partial charge in [-0.15, -0.1) is 0 Å². The second-order valence-corrected chi connectivity index (χ2v) is 3.91. The van der Waals surface area contributed by atoms with E-state index in [9.17, 15) is 4.39 Å². The summed E-state index contributed by atoms with van der Waals surface area (Å²) in [6.45, 7) is 0. The maximum Gasteiger partial charge on any atom is 0.129 e. The lowest BCUT2D eigenvalue weighted by atomic mass is 10.0. The van der Waals surface area contributed by atoms with Gasteiger partial charge in [0.15, 0.2) is 0 Å². The Morgan fingerprint density at radius 2 is 1.50 bits per heavy atom. The minimum Gasteiger partial charge on any atom is -0.359 e. The van der Waals surface area contributed by atoms with E-state index in [0.29, 0.717) is 5.56 Å². The van der Waals surface area contributed by atoms with Crippen molar-refractivity contribution in [2.24, 2.45) is 0 Å². The minimum absolute atomic E-state index is 0.0121. The van der Waals surface area contributed by atoms with Crippen LogP contribution in [0.2, 0.25) is 0 Å². The number of ether oxygens (including phenoxy) is 1. The number of rotatable bonds is 2. The van der Waals surface area contributed by atoms with Crippen molar-refractivity contribution >= 4 is 0 Å². The molecule has 0 unspecified atom stereocenters. The first-order valence-electron chi connectivity index (χ1n) is 5.31. The average molecular weight is 214 g/mol. The van der Waals surface area contributed by atoms with E-state index in [1.807, 2.05) is 36.4 Å². The second-order valence-electron chi connectivity index (χ2n) is 3.91. The molecule has 0 radical (unpaired) electrons. The summed E-state index contributed by atoms with van der Waals surface area (Å²) in [6, 6.07) is 16.7. The molecule has 1 aliphatic heterocycles. The lowest BCUT2D eigenvalue weighted by Gasteiger charge is -1.98. The van der Waals surface area contributed by atoms with E-state index in [-0.39, 0.29) is 18.0 Å². The first-order chi connectivity index (χ1) is 7.86. The van der Waals surface area contributed by atoms with Crippen molar-refractivity contribution in [1.82, 2.24) is 0 Å². The molecule has 2 atom stereocenters. The van der Waals surface area contributed by atoms with E-state index < -0.39 is 0 Å². The number of benzene rings is 2. The van der Waals surface area contributed by atoms with Gasteiger partial charge in [-0.05, 0) is 11.6 Å². The molecule has 1 fully saturated rings. The highest BCUT2D eigenvalue weighted by molar-refractivity contribution is 5.30. The average Bonchev–Trinajstić information content (AvgIpc) is 3.11. The van der Waals surface area contributed by atoms with Gasteiger partial charge >= 0.3 is 0 Å². The van der Waals surface area contributed by atoms with Crippen LogP contribution in [0, 0.1) is 5.82 Å². The third-order valence-corrected chi connectivity index (χ3v) is 2.83. The minimum atomic E-state index is -0.189. The molecule has 3 rings (SSSR count). The van der Waals surface area contributed by atoms with Gasteiger partial charge in [0.05, 0.1) is 0 Å². The van der Waals surface area contributed by atoms with Crippen molar-refractivity contribution < 1.29 is 9.13 Å². The van der Waals surface area contributed by atoms with Gasteiger partial charge in [0.25, 0.3) is 0 Å². The molecule has 2 heteroatoms. The van der Waals surface area contributed by atoms with Crippen LogP contribution in [0.4, 0.5) is 4.39 Å². The van der Waals surface area contributed by atoms with Crippen molar-refractivity contribution in [3.05, 3.63) is 71.5 Å². The third kappa shape index (κ3) is 1.61. The first kappa shape index (κ1) is 9.55. The zero-order chi connectivity index (χ0) is 11.0. The summed E-state index contributed by atoms with van der Waals surface area (Å²) in [5, 5.41) is 0. The maximum atomic E-state index is 13.5. The largest absolute Gasteiger partial charge is 0.359 e. The molecule has 16 heavy (non-hydrogen) atoms. The Bertz CT molecular complexity index is 495. The molecule has 0 saturated carbocycles. The van der Waals surface area contributed by atoms with Crippen LogP contribution in [0.15, 0.2) is 54.6 Å². The zero-order valence-electron chi connectivity index (χ0n) is 8.64. The van der Waals surface area contributed by atoms with Crippen molar-refractivity contribution in [3.63, 3.8) is 0 Å². The molecule has 2 aromatic carbocycles. The van der Waals surface area contributed by atoms with Crippen molar-refractivity contribution in [1.29, 1.82) is 0 Å². The maximum absolute atomic E-state index is 13.5. The van der Waals surface area contributed by atoms with Gasteiger partial charge in [0.1, 0.15) is 18.0 Å². The van der Waals surface area contributed by atoms with Crippen LogP contribution < -0.4 is 0 Å². The second kappa shape index (κ2) is 3.72. The molecule has 1 nitrogen and oxygen atoms in total. The Balaban J connectivity index is 1.85. The van der Waals surface area contributed by atoms with Crippen LogP contribution in [-0.4, -0.2) is 0 Å². The molecule has 80 valence electrons. The predicted octanol–water partition coefficient (Wildman–Crippen LogP) is 3.64. The third-order valence-electron chi connectivity index (χ3n) is 2.83. The number of epoxide rings is 1. The Morgan fingerprint density at radius 1 is 0.812 bits per heavy atom. The van der Waals surface area contributed by atoms with E-state index in [4.69, 9.17) is 4.74 Å². The molecule has 0 aliphatic carbocycles. The fourth-order valence-electron chi connectivity index (χ4n) is 1.95. The van der Waals surface area contributed by atoms with Crippen LogP contribution in [0.1, 0.15) is 23.3 Å². The summed E-state index contributed by atoms with van der Waals surface area (Å²) in [4.78, 5) is 0. The van der Waals surface area contributed by atoms with Crippen LogP contribution in [0.3, 0.4) is 0 Å². The van der Waals surface area contributed by atoms with E-state index in [1.54, 1.807) is 12.1 Å². The molecule has 0 amide bonds. The molecule has 1 heterocycles. The molecule has 2 aromatic rings. The molecule has 1 aliphatic rings. The van der Waals surface area contributed by atoms with Gasteiger partial charge in [-0.3, -0.25) is 0 Å². The van der Waals surface area contributed by atoms with Crippen molar-refractivity contribution in [2.45, 2.75) is 12.2 Å². The van der Waals surface area contributed by atoms with Crippen LogP contribution >= 0.6 is 0 Å². The Kier molecular flexibility index (Phi) is 2.22. The molecular formula is C14H11FO. The fourth-order valence-corrected chi connectivity index (χ4v) is 1.95. The van der Waals surface area contributed by atoms with Gasteiger partial charge in [-0.25, -0.2) is 4.39 Å². The summed E-state index contributed by atoms with van der Waals surface area (Å²) in [6.07, 6.45) is -0.110. The van der Waals surface area contributed by atoms with Gasteiger partial charge in [0.2, 0.25) is 0 Å². The SMILES string of the molecule is Fc1ccccc1[C@@H]1O[C@H]1c1ccccc1. The lowest BCUT2D eigenvalue weighted by molar-refractivity contribution is 0.373.